The van der Waals surface area contributed by atoms with Crippen LogP contribution in [0.25, 0.3) is 10.8 Å². The van der Waals surface area contributed by atoms with Crippen LogP contribution in [-0.4, -0.2) is 42.9 Å². The van der Waals surface area contributed by atoms with Gasteiger partial charge >= 0.3 is 0 Å². The summed E-state index contributed by atoms with van der Waals surface area (Å²) >= 11 is 0. The highest BCUT2D eigenvalue weighted by Crippen LogP contribution is 2.28. The minimum Gasteiger partial charge on any atom is -0.371 e. The molecule has 1 amide bonds. The minimum atomic E-state index is -0.0299. The highest BCUT2D eigenvalue weighted by molar-refractivity contribution is 6.08. The Morgan fingerprint density at radius 1 is 1.14 bits per heavy atom. The van der Waals surface area contributed by atoms with Gasteiger partial charge in [-0.3, -0.25) is 4.79 Å². The maximum absolute atomic E-state index is 13.1. The van der Waals surface area contributed by atoms with E-state index in [2.05, 4.69) is 47.5 Å². The fourth-order valence-corrected chi connectivity index (χ4v) is 4.07. The minimum absolute atomic E-state index is 0.0299. The van der Waals surface area contributed by atoms with Crippen LogP contribution in [0.15, 0.2) is 60.4 Å². The van der Waals surface area contributed by atoms with Crippen LogP contribution >= 0.6 is 0 Å². The molecule has 2 aliphatic rings. The van der Waals surface area contributed by atoms with Crippen LogP contribution in [0, 0.1) is 5.92 Å². The molecule has 0 bridgehead atoms. The number of rotatable bonds is 6. The topological polar surface area (TPSA) is 35.6 Å². The number of amides is 1. The molecular weight excluding hydrogens is 346 g/mol. The molecule has 4 heteroatoms. The summed E-state index contributed by atoms with van der Waals surface area (Å²) < 4.78 is 0. The molecule has 1 saturated carbocycles. The average molecular weight is 376 g/mol. The zero-order valence-electron chi connectivity index (χ0n) is 16.8. The van der Waals surface area contributed by atoms with Crippen LogP contribution in [0.3, 0.4) is 0 Å². The number of nitrogens with zero attached hydrogens (tertiary/aromatic N) is 2. The first-order chi connectivity index (χ1) is 13.6. The molecule has 4 rings (SSSR count). The van der Waals surface area contributed by atoms with Gasteiger partial charge in [-0.05, 0) is 73.6 Å². The number of allylic oxidation sites excluding steroid dienone is 2. The van der Waals surface area contributed by atoms with E-state index in [1.807, 2.05) is 36.4 Å². The maximum Gasteiger partial charge on any atom is 0.256 e. The number of nitrogens with one attached hydrogen (secondary N) is 1. The van der Waals surface area contributed by atoms with Gasteiger partial charge in [0.1, 0.15) is 0 Å². The van der Waals surface area contributed by atoms with Gasteiger partial charge in [0.2, 0.25) is 0 Å². The Morgan fingerprint density at radius 3 is 2.64 bits per heavy atom. The number of hydrogen-bond donors (Lipinski definition) is 1. The molecule has 0 spiro atoms. The summed E-state index contributed by atoms with van der Waals surface area (Å²) in [6, 6.07) is 12.2. The van der Waals surface area contributed by atoms with Gasteiger partial charge in [-0.25, -0.2) is 0 Å². The van der Waals surface area contributed by atoms with Crippen molar-refractivity contribution in [3.63, 3.8) is 0 Å². The third-order valence-corrected chi connectivity index (χ3v) is 5.70. The summed E-state index contributed by atoms with van der Waals surface area (Å²) in [7, 11) is 4.13. The Labute approximate surface area is 167 Å². The summed E-state index contributed by atoms with van der Waals surface area (Å²) in [4.78, 5) is 17.5. The predicted molar refractivity (Wildman–Crippen MR) is 115 cm³/mol. The lowest BCUT2D eigenvalue weighted by Gasteiger charge is -2.33. The van der Waals surface area contributed by atoms with E-state index in [-0.39, 0.29) is 5.91 Å². The van der Waals surface area contributed by atoms with Crippen molar-refractivity contribution in [1.29, 1.82) is 0 Å². The standard InChI is InChI=1S/C24H29N3O/c1-26(2)16-19-12-13-23(22-11-4-3-10-21(19)22)24(28)25-20-9-6-14-27(17-20)15-18-7-5-8-18/h3-4,6,9-14,18H,5,7-8,15-17H2,1-2H3,(H,25,28). The number of fused-ring (bicyclic) bond motifs is 1. The van der Waals surface area contributed by atoms with Crippen LogP contribution in [0.1, 0.15) is 35.2 Å². The van der Waals surface area contributed by atoms with E-state index in [0.717, 1.165) is 47.6 Å². The first-order valence-corrected chi connectivity index (χ1v) is 10.2. The Bertz CT molecular complexity index is 925. The van der Waals surface area contributed by atoms with Crippen molar-refractivity contribution in [2.75, 3.05) is 27.2 Å². The van der Waals surface area contributed by atoms with E-state index in [9.17, 15) is 4.79 Å². The van der Waals surface area contributed by atoms with Crippen molar-refractivity contribution in [2.45, 2.75) is 25.8 Å². The smallest absolute Gasteiger partial charge is 0.256 e. The summed E-state index contributed by atoms with van der Waals surface area (Å²) in [5.41, 5.74) is 2.94. The van der Waals surface area contributed by atoms with Crippen LogP contribution < -0.4 is 5.32 Å². The number of carbonyl (C=O) groups excluding carboxylic acids is 1. The van der Waals surface area contributed by atoms with Crippen LogP contribution in [-0.2, 0) is 6.54 Å². The van der Waals surface area contributed by atoms with E-state index < -0.39 is 0 Å². The highest BCUT2D eigenvalue weighted by Gasteiger charge is 2.21. The molecule has 1 heterocycles. The van der Waals surface area contributed by atoms with Crippen molar-refractivity contribution in [3.05, 3.63) is 71.6 Å². The molecule has 1 aliphatic heterocycles. The first-order valence-electron chi connectivity index (χ1n) is 10.2. The van der Waals surface area contributed by atoms with Crippen LogP contribution in [0.5, 0.6) is 0 Å². The van der Waals surface area contributed by atoms with Gasteiger partial charge in [0, 0.05) is 24.4 Å². The Hall–Kier alpha value is -2.59. The van der Waals surface area contributed by atoms with E-state index in [1.165, 1.54) is 24.8 Å². The molecular formula is C24H29N3O. The molecule has 1 N–H and O–H groups in total. The fourth-order valence-electron chi connectivity index (χ4n) is 4.07. The van der Waals surface area contributed by atoms with Gasteiger partial charge in [-0.1, -0.05) is 36.8 Å². The zero-order chi connectivity index (χ0) is 19.5. The van der Waals surface area contributed by atoms with E-state index in [0.29, 0.717) is 0 Å². The number of hydrogen-bond acceptors (Lipinski definition) is 3. The van der Waals surface area contributed by atoms with Gasteiger partial charge in [0.25, 0.3) is 5.91 Å². The normalized spacial score (nSPS) is 17.0. The molecule has 1 aliphatic carbocycles. The zero-order valence-corrected chi connectivity index (χ0v) is 16.8. The highest BCUT2D eigenvalue weighted by atomic mass is 16.1. The quantitative estimate of drug-likeness (QED) is 0.824. The van der Waals surface area contributed by atoms with Gasteiger partial charge in [0.15, 0.2) is 0 Å². The van der Waals surface area contributed by atoms with Gasteiger partial charge in [0.05, 0.1) is 6.54 Å². The third-order valence-electron chi connectivity index (χ3n) is 5.70. The summed E-state index contributed by atoms with van der Waals surface area (Å²) in [5, 5.41) is 5.30. The monoisotopic (exact) mass is 375 g/mol. The van der Waals surface area contributed by atoms with Crippen LogP contribution in [0.2, 0.25) is 0 Å². The molecule has 0 atom stereocenters. The molecule has 0 radical (unpaired) electrons. The largest absolute Gasteiger partial charge is 0.371 e. The summed E-state index contributed by atoms with van der Waals surface area (Å²) in [6.07, 6.45) is 10.2. The van der Waals surface area contributed by atoms with Gasteiger partial charge in [-0.15, -0.1) is 0 Å². The molecule has 4 nitrogen and oxygen atoms in total. The van der Waals surface area contributed by atoms with E-state index >= 15 is 0 Å². The molecule has 146 valence electrons. The molecule has 0 saturated heterocycles. The fraction of sp³-hybridized carbons (Fsp3) is 0.375. The van der Waals surface area contributed by atoms with E-state index in [4.69, 9.17) is 0 Å². The summed E-state index contributed by atoms with van der Waals surface area (Å²) in [6.45, 7) is 2.72. The lowest BCUT2D eigenvalue weighted by molar-refractivity contribution is 0.0963. The molecule has 1 fully saturated rings. The lowest BCUT2D eigenvalue weighted by Crippen LogP contribution is -2.36. The summed E-state index contributed by atoms with van der Waals surface area (Å²) in [5.74, 6) is 0.783. The van der Waals surface area contributed by atoms with Crippen molar-refractivity contribution >= 4 is 16.7 Å². The Morgan fingerprint density at radius 2 is 1.93 bits per heavy atom. The molecule has 2 aromatic carbocycles. The van der Waals surface area contributed by atoms with Crippen molar-refractivity contribution in [1.82, 2.24) is 15.1 Å². The second-order valence-corrected chi connectivity index (χ2v) is 8.27. The molecule has 0 aromatic heterocycles. The number of carbonyl (C=O) groups is 1. The van der Waals surface area contributed by atoms with Crippen molar-refractivity contribution in [2.24, 2.45) is 5.92 Å². The lowest BCUT2D eigenvalue weighted by atomic mass is 9.85. The first kappa shape index (κ1) is 18.8. The Balaban J connectivity index is 1.51. The van der Waals surface area contributed by atoms with E-state index in [1.54, 1.807) is 0 Å². The predicted octanol–water partition coefficient (Wildman–Crippen LogP) is 4.14. The van der Waals surface area contributed by atoms with Gasteiger partial charge in [-0.2, -0.15) is 0 Å². The average Bonchev–Trinajstić information content (AvgIpc) is 2.65. The number of benzene rings is 2. The maximum atomic E-state index is 13.1. The van der Waals surface area contributed by atoms with Crippen molar-refractivity contribution < 1.29 is 4.79 Å². The second-order valence-electron chi connectivity index (χ2n) is 8.27. The van der Waals surface area contributed by atoms with Gasteiger partial charge < -0.3 is 15.1 Å². The molecule has 2 aromatic rings. The molecule has 0 unspecified atom stereocenters. The third kappa shape index (κ3) is 4.12. The SMILES string of the molecule is CN(C)Cc1ccc(C(=O)NC2=CC=CN(CC3CCC3)C2)c2ccccc12. The second kappa shape index (κ2) is 8.19. The molecule has 28 heavy (non-hydrogen) atoms. The van der Waals surface area contributed by atoms with Crippen molar-refractivity contribution in [3.8, 4) is 0 Å². The Kier molecular flexibility index (Phi) is 5.49. The van der Waals surface area contributed by atoms with Crippen LogP contribution in [0.4, 0.5) is 0 Å².